The van der Waals surface area contributed by atoms with Crippen molar-refractivity contribution in [1.82, 2.24) is 4.98 Å². The number of amides is 1. The molecule has 0 radical (unpaired) electrons. The first-order chi connectivity index (χ1) is 9.52. The highest BCUT2D eigenvalue weighted by Crippen LogP contribution is 2.20. The van der Waals surface area contributed by atoms with E-state index in [1.807, 2.05) is 24.3 Å². The topological polar surface area (TPSA) is 33.2 Å². The van der Waals surface area contributed by atoms with Crippen LogP contribution in [0.15, 0.2) is 36.5 Å². The Morgan fingerprint density at radius 1 is 1.35 bits per heavy atom. The zero-order valence-electron chi connectivity index (χ0n) is 11.2. The lowest BCUT2D eigenvalue weighted by molar-refractivity contribution is 0.0992. The lowest BCUT2D eigenvalue weighted by Crippen LogP contribution is -2.26. The quantitative estimate of drug-likeness (QED) is 0.808. The molecule has 0 fully saturated rings. The second kappa shape index (κ2) is 6.01. The summed E-state index contributed by atoms with van der Waals surface area (Å²) in [4.78, 5) is 17.4. The smallest absolute Gasteiger partial charge is 0.261 e. The maximum Gasteiger partial charge on any atom is 0.261 e. The van der Waals surface area contributed by atoms with Crippen LogP contribution in [0.25, 0.3) is 0 Å². The second-order valence-electron chi connectivity index (χ2n) is 4.38. The fraction of sp³-hybridized carbons (Fsp3) is 0.200. The van der Waals surface area contributed by atoms with Crippen molar-refractivity contribution < 1.29 is 9.18 Å². The molecule has 0 bridgehead atoms. The molecule has 104 valence electrons. The first-order valence-electron chi connectivity index (χ1n) is 6.21. The molecule has 20 heavy (non-hydrogen) atoms. The van der Waals surface area contributed by atoms with Crippen molar-refractivity contribution in [3.63, 3.8) is 0 Å². The van der Waals surface area contributed by atoms with Gasteiger partial charge in [-0.25, -0.2) is 9.37 Å². The van der Waals surface area contributed by atoms with Crippen LogP contribution >= 0.6 is 11.6 Å². The fourth-order valence-electron chi connectivity index (χ4n) is 1.83. The van der Waals surface area contributed by atoms with Gasteiger partial charge in [-0.3, -0.25) is 4.79 Å². The second-order valence-corrected chi connectivity index (χ2v) is 4.73. The minimum atomic E-state index is -0.590. The van der Waals surface area contributed by atoms with Gasteiger partial charge in [-0.1, -0.05) is 30.7 Å². The summed E-state index contributed by atoms with van der Waals surface area (Å²) in [5.41, 5.74) is 1.95. The molecular formula is C15H14ClFN2O. The van der Waals surface area contributed by atoms with E-state index in [1.54, 1.807) is 7.05 Å². The van der Waals surface area contributed by atoms with Gasteiger partial charge in [0.25, 0.3) is 5.91 Å². The third-order valence-electron chi connectivity index (χ3n) is 3.07. The van der Waals surface area contributed by atoms with Gasteiger partial charge < -0.3 is 4.90 Å². The molecular weight excluding hydrogens is 279 g/mol. The van der Waals surface area contributed by atoms with Gasteiger partial charge in [0.15, 0.2) is 0 Å². The standard InChI is InChI=1S/C15H14ClFN2O/c1-3-10-4-6-12(7-5-10)19(2)15(20)13-8-11(17)9-18-14(13)16/h4-9H,3H2,1-2H3. The molecule has 0 spiro atoms. The number of carbonyl (C=O) groups excluding carboxylic acids is 1. The molecule has 0 saturated carbocycles. The van der Waals surface area contributed by atoms with Crippen molar-refractivity contribution in [3.05, 3.63) is 58.6 Å². The predicted octanol–water partition coefficient (Wildman–Crippen LogP) is 3.71. The van der Waals surface area contributed by atoms with Crippen LogP contribution < -0.4 is 4.90 Å². The van der Waals surface area contributed by atoms with E-state index in [2.05, 4.69) is 11.9 Å². The van der Waals surface area contributed by atoms with E-state index < -0.39 is 11.7 Å². The highest BCUT2D eigenvalue weighted by molar-refractivity contribution is 6.33. The number of nitrogens with zero attached hydrogens (tertiary/aromatic N) is 2. The summed E-state index contributed by atoms with van der Waals surface area (Å²) in [5.74, 6) is -0.987. The van der Waals surface area contributed by atoms with Crippen LogP contribution in [0.2, 0.25) is 5.15 Å². The molecule has 1 aromatic heterocycles. The van der Waals surface area contributed by atoms with Crippen molar-refractivity contribution >= 4 is 23.2 Å². The average Bonchev–Trinajstić information content (AvgIpc) is 2.48. The number of hydrogen-bond donors (Lipinski definition) is 0. The van der Waals surface area contributed by atoms with Gasteiger partial charge in [-0.15, -0.1) is 0 Å². The third-order valence-corrected chi connectivity index (χ3v) is 3.37. The van der Waals surface area contributed by atoms with Crippen LogP contribution in [0.3, 0.4) is 0 Å². The molecule has 5 heteroatoms. The van der Waals surface area contributed by atoms with E-state index in [0.717, 1.165) is 18.7 Å². The van der Waals surface area contributed by atoms with E-state index in [4.69, 9.17) is 11.6 Å². The summed E-state index contributed by atoms with van der Waals surface area (Å²) in [6.45, 7) is 2.06. The zero-order valence-corrected chi connectivity index (χ0v) is 12.0. The summed E-state index contributed by atoms with van der Waals surface area (Å²) in [5, 5.41) is -0.00608. The molecule has 0 aliphatic rings. The molecule has 3 nitrogen and oxygen atoms in total. The van der Waals surface area contributed by atoms with Gasteiger partial charge >= 0.3 is 0 Å². The fourth-order valence-corrected chi connectivity index (χ4v) is 2.01. The Bertz CT molecular complexity index is 628. The lowest BCUT2D eigenvalue weighted by Gasteiger charge is -2.18. The van der Waals surface area contributed by atoms with Crippen LogP contribution in [-0.2, 0) is 6.42 Å². The Morgan fingerprint density at radius 3 is 2.60 bits per heavy atom. The van der Waals surface area contributed by atoms with Gasteiger partial charge in [0.05, 0.1) is 11.8 Å². The highest BCUT2D eigenvalue weighted by Gasteiger charge is 2.18. The van der Waals surface area contributed by atoms with Gasteiger partial charge in [0.1, 0.15) is 11.0 Å². The summed E-state index contributed by atoms with van der Waals surface area (Å²) < 4.78 is 13.2. The molecule has 2 aromatic rings. The minimum absolute atomic E-state index is 0.00608. The van der Waals surface area contributed by atoms with Gasteiger partial charge in [0, 0.05) is 12.7 Å². The molecule has 0 atom stereocenters. The molecule has 0 unspecified atom stereocenters. The molecule has 1 aromatic carbocycles. The van der Waals surface area contributed by atoms with Crippen LogP contribution in [0, 0.1) is 5.82 Å². The summed E-state index contributed by atoms with van der Waals surface area (Å²) in [6, 6.07) is 8.68. The Morgan fingerprint density at radius 2 is 2.00 bits per heavy atom. The average molecular weight is 293 g/mol. The number of carbonyl (C=O) groups is 1. The van der Waals surface area contributed by atoms with E-state index in [1.165, 1.54) is 10.5 Å². The Balaban J connectivity index is 2.29. The normalized spacial score (nSPS) is 10.4. The SMILES string of the molecule is CCc1ccc(N(C)C(=O)c2cc(F)cnc2Cl)cc1. The minimum Gasteiger partial charge on any atom is -0.311 e. The number of anilines is 1. The maximum atomic E-state index is 13.2. The number of benzene rings is 1. The maximum absolute atomic E-state index is 13.2. The monoisotopic (exact) mass is 292 g/mol. The van der Waals surface area contributed by atoms with Crippen molar-refractivity contribution in [2.75, 3.05) is 11.9 Å². The molecule has 0 aliphatic heterocycles. The summed E-state index contributed by atoms with van der Waals surface area (Å²) in [7, 11) is 1.62. The zero-order chi connectivity index (χ0) is 14.7. The Kier molecular flexibility index (Phi) is 4.35. The summed E-state index contributed by atoms with van der Waals surface area (Å²) in [6.07, 6.45) is 1.91. The van der Waals surface area contributed by atoms with Gasteiger partial charge in [0.2, 0.25) is 0 Å². The Labute approximate surface area is 122 Å². The van der Waals surface area contributed by atoms with E-state index in [-0.39, 0.29) is 10.7 Å². The number of pyridine rings is 1. The number of aromatic nitrogens is 1. The number of aryl methyl sites for hydroxylation is 1. The van der Waals surface area contributed by atoms with E-state index in [9.17, 15) is 9.18 Å². The van der Waals surface area contributed by atoms with Crippen LogP contribution in [0.5, 0.6) is 0 Å². The van der Waals surface area contributed by atoms with Gasteiger partial charge in [-0.2, -0.15) is 0 Å². The van der Waals surface area contributed by atoms with Crippen molar-refractivity contribution in [2.45, 2.75) is 13.3 Å². The van der Waals surface area contributed by atoms with Crippen LogP contribution in [0.4, 0.5) is 10.1 Å². The Hall–Kier alpha value is -1.94. The van der Waals surface area contributed by atoms with Crippen molar-refractivity contribution in [3.8, 4) is 0 Å². The van der Waals surface area contributed by atoms with Gasteiger partial charge in [-0.05, 0) is 30.2 Å². The predicted molar refractivity (Wildman–Crippen MR) is 77.8 cm³/mol. The summed E-state index contributed by atoms with van der Waals surface area (Å²) >= 11 is 5.85. The number of hydrogen-bond acceptors (Lipinski definition) is 2. The highest BCUT2D eigenvalue weighted by atomic mass is 35.5. The largest absolute Gasteiger partial charge is 0.311 e. The third kappa shape index (κ3) is 2.96. The van der Waals surface area contributed by atoms with Crippen molar-refractivity contribution in [2.24, 2.45) is 0 Å². The van der Waals surface area contributed by atoms with Crippen LogP contribution in [0.1, 0.15) is 22.8 Å². The number of rotatable bonds is 3. The molecule has 1 heterocycles. The van der Waals surface area contributed by atoms with E-state index >= 15 is 0 Å². The number of halogens is 2. The first kappa shape index (κ1) is 14.5. The van der Waals surface area contributed by atoms with Crippen LogP contribution in [-0.4, -0.2) is 17.9 Å². The molecule has 2 rings (SSSR count). The molecule has 0 saturated heterocycles. The molecule has 1 amide bonds. The first-order valence-corrected chi connectivity index (χ1v) is 6.58. The molecule has 0 aliphatic carbocycles. The molecule has 0 N–H and O–H groups in total. The lowest BCUT2D eigenvalue weighted by atomic mass is 10.1. The van der Waals surface area contributed by atoms with E-state index in [0.29, 0.717) is 5.69 Å². The van der Waals surface area contributed by atoms with Crippen molar-refractivity contribution in [1.29, 1.82) is 0 Å².